The molecule has 3 aromatic rings. The number of halogens is 3. The summed E-state index contributed by atoms with van der Waals surface area (Å²) in [5.74, 6) is -2.08. The molecule has 8 heteroatoms. The number of aromatic nitrogens is 2. The molecule has 156 valence electrons. The van der Waals surface area contributed by atoms with Crippen LogP contribution >= 0.6 is 0 Å². The molecule has 1 fully saturated rings. The van der Waals surface area contributed by atoms with Crippen LogP contribution < -0.4 is 0 Å². The highest BCUT2D eigenvalue weighted by Crippen LogP contribution is 2.34. The van der Waals surface area contributed by atoms with Gasteiger partial charge in [0, 0.05) is 19.0 Å². The summed E-state index contributed by atoms with van der Waals surface area (Å²) in [6.45, 7) is 0.840. The van der Waals surface area contributed by atoms with Crippen molar-refractivity contribution < 1.29 is 22.4 Å². The highest BCUT2D eigenvalue weighted by molar-refractivity contribution is 5.87. The van der Waals surface area contributed by atoms with Crippen LogP contribution in [0.15, 0.2) is 65.1 Å². The van der Waals surface area contributed by atoms with E-state index in [9.17, 15) is 18.0 Å². The van der Waals surface area contributed by atoms with Crippen LogP contribution in [0.4, 0.5) is 13.2 Å². The predicted molar refractivity (Wildman–Crippen MR) is 103 cm³/mol. The van der Waals surface area contributed by atoms with Crippen LogP contribution in [0.3, 0.4) is 0 Å². The summed E-state index contributed by atoms with van der Waals surface area (Å²) in [4.78, 5) is 15.2. The van der Waals surface area contributed by atoms with E-state index in [1.54, 1.807) is 4.90 Å². The fourth-order valence-electron chi connectivity index (χ4n) is 3.81. The van der Waals surface area contributed by atoms with Gasteiger partial charge in [0.05, 0.1) is 5.92 Å². The Bertz CT molecular complexity index is 942. The number of piperidine rings is 1. The van der Waals surface area contributed by atoms with Gasteiger partial charge in [0.2, 0.25) is 11.8 Å². The van der Waals surface area contributed by atoms with Crippen LogP contribution in [0.2, 0.25) is 0 Å². The lowest BCUT2D eigenvalue weighted by atomic mass is 9.88. The van der Waals surface area contributed by atoms with Gasteiger partial charge in [0.15, 0.2) is 0 Å². The average molecular weight is 415 g/mol. The second kappa shape index (κ2) is 8.30. The van der Waals surface area contributed by atoms with E-state index in [1.807, 2.05) is 60.7 Å². The SMILES string of the molecule is O=C(C(c1ccccc1)c1ccccc1)N1CCC(c2nnc(C(F)(F)F)o2)CC1. The number of nitrogens with zero attached hydrogens (tertiary/aromatic N) is 3. The second-order valence-electron chi connectivity index (χ2n) is 7.30. The smallest absolute Gasteiger partial charge is 0.417 e. The lowest BCUT2D eigenvalue weighted by Gasteiger charge is -2.33. The highest BCUT2D eigenvalue weighted by atomic mass is 19.4. The molecule has 1 amide bonds. The van der Waals surface area contributed by atoms with Crippen LogP contribution in [0.5, 0.6) is 0 Å². The fourth-order valence-corrected chi connectivity index (χ4v) is 3.81. The van der Waals surface area contributed by atoms with Crippen molar-refractivity contribution in [1.82, 2.24) is 15.1 Å². The molecule has 4 rings (SSSR count). The van der Waals surface area contributed by atoms with Crippen molar-refractivity contribution in [3.05, 3.63) is 83.6 Å². The molecule has 5 nitrogen and oxygen atoms in total. The third-order valence-electron chi connectivity index (χ3n) is 5.35. The third kappa shape index (κ3) is 4.22. The minimum atomic E-state index is -4.65. The molecule has 0 atom stereocenters. The first-order chi connectivity index (χ1) is 14.4. The number of hydrogen-bond acceptors (Lipinski definition) is 4. The van der Waals surface area contributed by atoms with Crippen molar-refractivity contribution in [2.24, 2.45) is 0 Å². The van der Waals surface area contributed by atoms with E-state index < -0.39 is 18.0 Å². The van der Waals surface area contributed by atoms with Gasteiger partial charge in [-0.2, -0.15) is 13.2 Å². The summed E-state index contributed by atoms with van der Waals surface area (Å²) >= 11 is 0. The maximum atomic E-state index is 13.4. The molecule has 1 saturated heterocycles. The summed E-state index contributed by atoms with van der Waals surface area (Å²) in [6, 6.07) is 19.1. The standard InChI is InChI=1S/C22H20F3N3O2/c23-22(24,25)21-27-26-19(30-21)17-11-13-28(14-12-17)20(29)18(15-7-3-1-4-8-15)16-9-5-2-6-10-16/h1-10,17-18H,11-14H2. The molecule has 0 unspecified atom stereocenters. The maximum absolute atomic E-state index is 13.4. The summed E-state index contributed by atoms with van der Waals surface area (Å²) in [5, 5.41) is 6.67. The zero-order valence-corrected chi connectivity index (χ0v) is 16.0. The minimum absolute atomic E-state index is 0.0166. The number of amides is 1. The van der Waals surface area contributed by atoms with Gasteiger partial charge in [-0.3, -0.25) is 4.79 Å². The topological polar surface area (TPSA) is 59.2 Å². The Morgan fingerprint density at radius 3 is 1.93 bits per heavy atom. The van der Waals surface area contributed by atoms with Crippen LogP contribution in [-0.4, -0.2) is 34.1 Å². The van der Waals surface area contributed by atoms with Crippen LogP contribution in [0.25, 0.3) is 0 Å². The van der Waals surface area contributed by atoms with Crippen LogP contribution in [-0.2, 0) is 11.0 Å². The molecular formula is C22H20F3N3O2. The molecule has 0 aliphatic carbocycles. The molecule has 0 N–H and O–H groups in total. The summed E-state index contributed by atoms with van der Waals surface area (Å²) in [6.07, 6.45) is -3.70. The lowest BCUT2D eigenvalue weighted by Crippen LogP contribution is -2.41. The maximum Gasteiger partial charge on any atom is 0.470 e. The summed E-state index contributed by atoms with van der Waals surface area (Å²) < 4.78 is 42.9. The van der Waals surface area contributed by atoms with Crippen molar-refractivity contribution in [1.29, 1.82) is 0 Å². The predicted octanol–water partition coefficient (Wildman–Crippen LogP) is 4.63. The Labute approximate surface area is 171 Å². The quantitative estimate of drug-likeness (QED) is 0.624. The van der Waals surface area contributed by atoms with Gasteiger partial charge in [-0.25, -0.2) is 0 Å². The molecule has 2 heterocycles. The Hall–Kier alpha value is -3.16. The Balaban J connectivity index is 1.49. The van der Waals surface area contributed by atoms with Crippen molar-refractivity contribution in [3.63, 3.8) is 0 Å². The zero-order valence-electron chi connectivity index (χ0n) is 16.0. The summed E-state index contributed by atoms with van der Waals surface area (Å²) in [7, 11) is 0. The van der Waals surface area contributed by atoms with Gasteiger partial charge in [-0.05, 0) is 24.0 Å². The van der Waals surface area contributed by atoms with E-state index >= 15 is 0 Å². The van der Waals surface area contributed by atoms with Crippen molar-refractivity contribution in [2.75, 3.05) is 13.1 Å². The monoisotopic (exact) mass is 415 g/mol. The second-order valence-corrected chi connectivity index (χ2v) is 7.30. The van der Waals surface area contributed by atoms with E-state index in [1.165, 1.54) is 0 Å². The largest absolute Gasteiger partial charge is 0.470 e. The number of alkyl halides is 3. The van der Waals surface area contributed by atoms with E-state index in [0.29, 0.717) is 25.9 Å². The minimum Gasteiger partial charge on any atom is -0.417 e. The number of likely N-dealkylation sites (tertiary alicyclic amines) is 1. The molecule has 0 saturated carbocycles. The number of carbonyl (C=O) groups is 1. The number of benzene rings is 2. The number of rotatable bonds is 4. The van der Waals surface area contributed by atoms with Crippen molar-refractivity contribution >= 4 is 5.91 Å². The van der Waals surface area contributed by atoms with E-state index in [0.717, 1.165) is 11.1 Å². The van der Waals surface area contributed by atoms with Gasteiger partial charge in [-0.1, -0.05) is 60.7 Å². The number of carbonyl (C=O) groups excluding carboxylic acids is 1. The molecule has 0 radical (unpaired) electrons. The van der Waals surface area contributed by atoms with E-state index in [-0.39, 0.29) is 17.7 Å². The Morgan fingerprint density at radius 1 is 0.933 bits per heavy atom. The Morgan fingerprint density at radius 2 is 1.47 bits per heavy atom. The molecule has 30 heavy (non-hydrogen) atoms. The van der Waals surface area contributed by atoms with E-state index in [4.69, 9.17) is 4.42 Å². The van der Waals surface area contributed by atoms with Gasteiger partial charge in [0.1, 0.15) is 0 Å². The zero-order chi connectivity index (χ0) is 21.1. The molecule has 0 spiro atoms. The lowest BCUT2D eigenvalue weighted by molar-refractivity contribution is -0.157. The van der Waals surface area contributed by atoms with Crippen molar-refractivity contribution in [3.8, 4) is 0 Å². The molecule has 1 aliphatic heterocycles. The number of hydrogen-bond donors (Lipinski definition) is 0. The molecule has 1 aliphatic rings. The Kier molecular flexibility index (Phi) is 5.57. The molecule has 0 bridgehead atoms. The first-order valence-corrected chi connectivity index (χ1v) is 9.73. The van der Waals surface area contributed by atoms with E-state index in [2.05, 4.69) is 10.2 Å². The van der Waals surface area contributed by atoms with Gasteiger partial charge in [-0.15, -0.1) is 10.2 Å². The molecule has 1 aromatic heterocycles. The molecular weight excluding hydrogens is 395 g/mol. The first-order valence-electron chi connectivity index (χ1n) is 9.73. The third-order valence-corrected chi connectivity index (χ3v) is 5.35. The molecule has 2 aromatic carbocycles. The fraction of sp³-hybridized carbons (Fsp3) is 0.318. The van der Waals surface area contributed by atoms with Gasteiger partial charge >= 0.3 is 12.1 Å². The highest BCUT2D eigenvalue weighted by Gasteiger charge is 2.39. The van der Waals surface area contributed by atoms with Crippen LogP contribution in [0, 0.1) is 0 Å². The van der Waals surface area contributed by atoms with Crippen LogP contribution in [0.1, 0.15) is 47.6 Å². The normalized spacial score (nSPS) is 15.5. The van der Waals surface area contributed by atoms with Gasteiger partial charge < -0.3 is 9.32 Å². The van der Waals surface area contributed by atoms with Gasteiger partial charge in [0.25, 0.3) is 0 Å². The van der Waals surface area contributed by atoms with Crippen molar-refractivity contribution in [2.45, 2.75) is 30.9 Å². The average Bonchev–Trinajstić information content (AvgIpc) is 3.27. The first kappa shape index (κ1) is 20.1. The summed E-state index contributed by atoms with van der Waals surface area (Å²) in [5.41, 5.74) is 1.81.